The largest absolute Gasteiger partial charge is 0.454 e. The summed E-state index contributed by atoms with van der Waals surface area (Å²) in [7, 11) is 0. The summed E-state index contributed by atoms with van der Waals surface area (Å²) in [5, 5.41) is 4.86. The van der Waals surface area contributed by atoms with E-state index < -0.39 is 24.0 Å². The Kier molecular flexibility index (Phi) is 6.00. The van der Waals surface area contributed by atoms with E-state index >= 15 is 0 Å². The minimum absolute atomic E-state index is 0.00442. The first-order valence-electron chi connectivity index (χ1n) is 8.37. The Morgan fingerprint density at radius 1 is 1.18 bits per heavy atom. The minimum atomic E-state index is -1.20. The molecule has 1 heterocycles. The molecule has 0 unspecified atom stereocenters. The summed E-state index contributed by atoms with van der Waals surface area (Å²) in [6.07, 6.45) is -1.20. The van der Waals surface area contributed by atoms with Gasteiger partial charge in [0, 0.05) is 6.54 Å². The number of carbonyl (C=O) groups excluding carboxylic acids is 3. The number of benzene rings is 2. The second kappa shape index (κ2) is 8.62. The van der Waals surface area contributed by atoms with Crippen molar-refractivity contribution in [1.82, 2.24) is 10.6 Å². The van der Waals surface area contributed by atoms with Crippen molar-refractivity contribution in [2.24, 2.45) is 0 Å². The molecule has 0 spiro atoms. The van der Waals surface area contributed by atoms with Crippen LogP contribution in [0.25, 0.3) is 0 Å². The van der Waals surface area contributed by atoms with E-state index in [0.717, 1.165) is 5.56 Å². The first kappa shape index (κ1) is 19.5. The third-order valence-electron chi connectivity index (χ3n) is 3.85. The predicted octanol–water partition coefficient (Wildman–Crippen LogP) is 2.64. The average Bonchev–Trinajstić information content (AvgIpc) is 3.16. The topological polar surface area (TPSA) is 103 Å². The zero-order valence-electron chi connectivity index (χ0n) is 14.9. The molecule has 0 saturated heterocycles. The van der Waals surface area contributed by atoms with Gasteiger partial charge < -0.3 is 19.5 Å². The van der Waals surface area contributed by atoms with Crippen molar-refractivity contribution in [3.63, 3.8) is 0 Å². The molecule has 146 valence electrons. The number of carbonyl (C=O) groups is 3. The number of amides is 3. The summed E-state index contributed by atoms with van der Waals surface area (Å²) in [4.78, 5) is 36.1. The molecule has 2 N–H and O–H groups in total. The maximum absolute atomic E-state index is 12.3. The SMILES string of the molecule is C[C@@H](OC(=O)c1cc(Cl)c2c(c1)OCO2)C(=O)NC(=O)NCc1ccccc1. The first-order chi connectivity index (χ1) is 13.4. The second-order valence-corrected chi connectivity index (χ2v) is 6.30. The highest BCUT2D eigenvalue weighted by atomic mass is 35.5. The molecule has 0 bridgehead atoms. The lowest BCUT2D eigenvalue weighted by atomic mass is 10.2. The molecule has 0 aliphatic carbocycles. The highest BCUT2D eigenvalue weighted by Crippen LogP contribution is 2.39. The Morgan fingerprint density at radius 2 is 1.93 bits per heavy atom. The summed E-state index contributed by atoms with van der Waals surface area (Å²) < 4.78 is 15.4. The van der Waals surface area contributed by atoms with Gasteiger partial charge in [-0.2, -0.15) is 0 Å². The molecule has 0 fully saturated rings. The van der Waals surface area contributed by atoms with Crippen LogP contribution in [0.2, 0.25) is 5.02 Å². The lowest BCUT2D eigenvalue weighted by Gasteiger charge is -2.14. The van der Waals surface area contributed by atoms with Crippen molar-refractivity contribution in [1.29, 1.82) is 0 Å². The number of esters is 1. The molecule has 9 heteroatoms. The molecule has 1 aliphatic rings. The van der Waals surface area contributed by atoms with Gasteiger partial charge in [0.2, 0.25) is 6.79 Å². The van der Waals surface area contributed by atoms with Crippen LogP contribution in [0.4, 0.5) is 4.79 Å². The highest BCUT2D eigenvalue weighted by Gasteiger charge is 2.24. The Hall–Kier alpha value is -3.26. The van der Waals surface area contributed by atoms with E-state index in [0.29, 0.717) is 11.5 Å². The number of fused-ring (bicyclic) bond motifs is 1. The Bertz CT molecular complexity index is 903. The molecule has 2 aromatic carbocycles. The first-order valence-corrected chi connectivity index (χ1v) is 8.74. The van der Waals surface area contributed by atoms with Crippen LogP contribution in [0.1, 0.15) is 22.8 Å². The quantitative estimate of drug-likeness (QED) is 0.742. The molecule has 28 heavy (non-hydrogen) atoms. The average molecular weight is 405 g/mol. The van der Waals surface area contributed by atoms with Crippen LogP contribution in [-0.2, 0) is 16.1 Å². The van der Waals surface area contributed by atoms with Crippen LogP contribution >= 0.6 is 11.6 Å². The smallest absolute Gasteiger partial charge is 0.339 e. The fraction of sp³-hybridized carbons (Fsp3) is 0.211. The molecule has 0 saturated carbocycles. The van der Waals surface area contributed by atoms with Crippen LogP contribution in [0.3, 0.4) is 0 Å². The molecule has 8 nitrogen and oxygen atoms in total. The van der Waals surface area contributed by atoms with Gasteiger partial charge in [0.25, 0.3) is 5.91 Å². The van der Waals surface area contributed by atoms with Crippen LogP contribution in [0, 0.1) is 0 Å². The van der Waals surface area contributed by atoms with E-state index in [9.17, 15) is 14.4 Å². The van der Waals surface area contributed by atoms with Crippen molar-refractivity contribution in [2.75, 3.05) is 6.79 Å². The van der Waals surface area contributed by atoms with Crippen LogP contribution in [0.5, 0.6) is 11.5 Å². The van der Waals surface area contributed by atoms with Crippen molar-refractivity contribution >= 4 is 29.5 Å². The van der Waals surface area contributed by atoms with Crippen molar-refractivity contribution < 1.29 is 28.6 Å². The minimum Gasteiger partial charge on any atom is -0.454 e. The summed E-state index contributed by atoms with van der Waals surface area (Å²) in [6, 6.07) is 11.3. The van der Waals surface area contributed by atoms with Crippen LogP contribution < -0.4 is 20.1 Å². The highest BCUT2D eigenvalue weighted by molar-refractivity contribution is 6.32. The molecular formula is C19H17ClN2O6. The molecule has 1 aliphatic heterocycles. The fourth-order valence-corrected chi connectivity index (χ4v) is 2.67. The van der Waals surface area contributed by atoms with E-state index in [1.54, 1.807) is 0 Å². The number of halogens is 1. The Labute approximate surface area is 165 Å². The van der Waals surface area contributed by atoms with Gasteiger partial charge in [0.05, 0.1) is 10.6 Å². The number of hydrogen-bond acceptors (Lipinski definition) is 6. The van der Waals surface area contributed by atoms with Gasteiger partial charge in [-0.1, -0.05) is 41.9 Å². The van der Waals surface area contributed by atoms with Gasteiger partial charge in [-0.3, -0.25) is 10.1 Å². The third kappa shape index (κ3) is 4.72. The normalized spacial score (nSPS) is 12.8. The van der Waals surface area contributed by atoms with E-state index in [4.69, 9.17) is 25.8 Å². The Balaban J connectivity index is 1.51. The standard InChI is InChI=1S/C19H17ClN2O6/c1-11(17(23)22-19(25)21-9-12-5-3-2-4-6-12)28-18(24)13-7-14(20)16-15(8-13)26-10-27-16/h2-8,11H,9-10H2,1H3,(H2,21,22,23,25)/t11-/m1/s1. The fourth-order valence-electron chi connectivity index (χ4n) is 2.40. The number of rotatable bonds is 5. The number of imide groups is 1. The van der Waals surface area contributed by atoms with Gasteiger partial charge in [0.15, 0.2) is 17.6 Å². The Morgan fingerprint density at radius 3 is 2.68 bits per heavy atom. The molecular weight excluding hydrogens is 388 g/mol. The third-order valence-corrected chi connectivity index (χ3v) is 4.13. The van der Waals surface area contributed by atoms with E-state index in [1.807, 2.05) is 30.3 Å². The van der Waals surface area contributed by atoms with Crippen LogP contribution in [-0.4, -0.2) is 30.8 Å². The summed E-state index contributed by atoms with van der Waals surface area (Å²) in [6.45, 7) is 1.61. The van der Waals surface area contributed by atoms with Gasteiger partial charge in [0.1, 0.15) is 0 Å². The number of ether oxygens (including phenoxy) is 3. The molecule has 3 rings (SSSR count). The lowest BCUT2D eigenvalue weighted by molar-refractivity contribution is -0.127. The zero-order chi connectivity index (χ0) is 20.1. The molecule has 3 amide bonds. The second-order valence-electron chi connectivity index (χ2n) is 5.90. The number of nitrogens with one attached hydrogen (secondary N) is 2. The van der Waals surface area contributed by atoms with Gasteiger partial charge in [-0.05, 0) is 24.6 Å². The van der Waals surface area contributed by atoms with Gasteiger partial charge in [-0.15, -0.1) is 0 Å². The predicted molar refractivity (Wildman–Crippen MR) is 99.3 cm³/mol. The summed E-state index contributed by atoms with van der Waals surface area (Å²) in [5.74, 6) is -0.880. The maximum Gasteiger partial charge on any atom is 0.339 e. The monoisotopic (exact) mass is 404 g/mol. The van der Waals surface area contributed by atoms with Crippen LogP contribution in [0.15, 0.2) is 42.5 Å². The zero-order valence-corrected chi connectivity index (χ0v) is 15.6. The molecule has 0 radical (unpaired) electrons. The van der Waals surface area contributed by atoms with Gasteiger partial charge in [-0.25, -0.2) is 9.59 Å². The van der Waals surface area contributed by atoms with Crippen molar-refractivity contribution in [3.05, 3.63) is 58.6 Å². The van der Waals surface area contributed by atoms with E-state index in [1.165, 1.54) is 19.1 Å². The lowest BCUT2D eigenvalue weighted by Crippen LogP contribution is -2.44. The van der Waals surface area contributed by atoms with E-state index in [-0.39, 0.29) is 23.9 Å². The number of hydrogen-bond donors (Lipinski definition) is 2. The molecule has 0 aromatic heterocycles. The summed E-state index contributed by atoms with van der Waals surface area (Å²) >= 11 is 6.03. The molecule has 1 atom stereocenters. The summed E-state index contributed by atoms with van der Waals surface area (Å²) in [5.41, 5.74) is 0.978. The van der Waals surface area contributed by atoms with Crippen molar-refractivity contribution in [2.45, 2.75) is 19.6 Å². The maximum atomic E-state index is 12.3. The molecule has 2 aromatic rings. The van der Waals surface area contributed by atoms with Crippen molar-refractivity contribution in [3.8, 4) is 11.5 Å². The van der Waals surface area contributed by atoms with E-state index in [2.05, 4.69) is 10.6 Å². The van der Waals surface area contributed by atoms with Gasteiger partial charge >= 0.3 is 12.0 Å². The number of urea groups is 1.